The van der Waals surface area contributed by atoms with Crippen molar-refractivity contribution in [2.75, 3.05) is 12.4 Å². The fourth-order valence-electron chi connectivity index (χ4n) is 3.10. The Labute approximate surface area is 186 Å². The molecule has 0 aromatic heterocycles. The van der Waals surface area contributed by atoms with Gasteiger partial charge >= 0.3 is 0 Å². The molecule has 0 bridgehead atoms. The van der Waals surface area contributed by atoms with Crippen LogP contribution in [0.25, 0.3) is 24.3 Å². The number of unbranched alkanes of at least 4 members (excludes halogenated alkanes) is 3. The van der Waals surface area contributed by atoms with Gasteiger partial charge in [-0.05, 0) is 53.0 Å². The molecular formula is C28H30OS. The molecule has 3 aromatic carbocycles. The average molecular weight is 415 g/mol. The van der Waals surface area contributed by atoms with Crippen molar-refractivity contribution in [1.29, 1.82) is 0 Å². The smallest absolute Gasteiger partial charge is 0.119 e. The lowest BCUT2D eigenvalue weighted by Gasteiger charge is -2.06. The molecule has 0 radical (unpaired) electrons. The molecule has 0 spiro atoms. The van der Waals surface area contributed by atoms with Crippen LogP contribution in [0.15, 0.2) is 78.9 Å². The highest BCUT2D eigenvalue weighted by Crippen LogP contribution is 2.16. The first-order chi connectivity index (χ1) is 14.8. The Balaban J connectivity index is 1.46. The van der Waals surface area contributed by atoms with Crippen molar-refractivity contribution in [2.24, 2.45) is 0 Å². The van der Waals surface area contributed by atoms with Gasteiger partial charge in [-0.2, -0.15) is 12.6 Å². The number of hydrogen-bond acceptors (Lipinski definition) is 2. The Hall–Kier alpha value is -2.71. The van der Waals surface area contributed by atoms with Gasteiger partial charge in [0.1, 0.15) is 5.75 Å². The molecule has 0 unspecified atom stereocenters. The van der Waals surface area contributed by atoms with E-state index in [4.69, 9.17) is 4.74 Å². The van der Waals surface area contributed by atoms with Gasteiger partial charge in [-0.25, -0.2) is 0 Å². The quantitative estimate of drug-likeness (QED) is 0.191. The van der Waals surface area contributed by atoms with E-state index in [-0.39, 0.29) is 0 Å². The Kier molecular flexibility index (Phi) is 9.36. The molecule has 0 aliphatic carbocycles. The molecule has 154 valence electrons. The summed E-state index contributed by atoms with van der Waals surface area (Å²) in [4.78, 5) is 0. The Bertz CT molecular complexity index is 909. The van der Waals surface area contributed by atoms with E-state index in [1.54, 1.807) is 0 Å². The normalized spacial score (nSPS) is 11.4. The molecule has 0 amide bonds. The molecular weight excluding hydrogens is 384 g/mol. The molecule has 30 heavy (non-hydrogen) atoms. The second-order valence-corrected chi connectivity index (χ2v) is 7.75. The third kappa shape index (κ3) is 7.96. The summed E-state index contributed by atoms with van der Waals surface area (Å²) in [6.45, 7) is 0.785. The van der Waals surface area contributed by atoms with Crippen LogP contribution in [0.5, 0.6) is 5.75 Å². The molecule has 0 saturated carbocycles. The van der Waals surface area contributed by atoms with Crippen molar-refractivity contribution in [2.45, 2.75) is 25.7 Å². The lowest BCUT2D eigenvalue weighted by Crippen LogP contribution is -1.97. The molecule has 0 fully saturated rings. The van der Waals surface area contributed by atoms with Crippen LogP contribution in [0.1, 0.15) is 47.9 Å². The van der Waals surface area contributed by atoms with E-state index >= 15 is 0 Å². The third-order valence-electron chi connectivity index (χ3n) is 4.87. The number of benzene rings is 3. The minimum atomic E-state index is 0.785. The van der Waals surface area contributed by atoms with Gasteiger partial charge in [-0.15, -0.1) is 0 Å². The summed E-state index contributed by atoms with van der Waals surface area (Å²) in [5.74, 6) is 1.92. The van der Waals surface area contributed by atoms with E-state index in [1.165, 1.54) is 41.5 Å². The largest absolute Gasteiger partial charge is 0.494 e. The van der Waals surface area contributed by atoms with Crippen molar-refractivity contribution in [1.82, 2.24) is 0 Å². The second kappa shape index (κ2) is 12.8. The fraction of sp³-hybridized carbons (Fsp3) is 0.214. The highest BCUT2D eigenvalue weighted by molar-refractivity contribution is 7.80. The van der Waals surface area contributed by atoms with E-state index in [0.717, 1.165) is 24.5 Å². The van der Waals surface area contributed by atoms with Crippen LogP contribution >= 0.6 is 12.6 Å². The van der Waals surface area contributed by atoms with Crippen LogP contribution in [-0.4, -0.2) is 12.4 Å². The first-order valence-electron chi connectivity index (χ1n) is 10.7. The minimum absolute atomic E-state index is 0.785. The summed E-state index contributed by atoms with van der Waals surface area (Å²) in [6, 6.07) is 27.2. The zero-order valence-electron chi connectivity index (χ0n) is 17.4. The van der Waals surface area contributed by atoms with Gasteiger partial charge in [-0.3, -0.25) is 0 Å². The van der Waals surface area contributed by atoms with E-state index in [0.29, 0.717) is 0 Å². The van der Waals surface area contributed by atoms with E-state index in [2.05, 4.69) is 97.6 Å². The van der Waals surface area contributed by atoms with Crippen molar-refractivity contribution in [3.63, 3.8) is 0 Å². The summed E-state index contributed by atoms with van der Waals surface area (Å²) in [5.41, 5.74) is 4.77. The zero-order chi connectivity index (χ0) is 20.9. The monoisotopic (exact) mass is 414 g/mol. The first kappa shape index (κ1) is 22.0. The van der Waals surface area contributed by atoms with Crippen molar-refractivity contribution < 1.29 is 4.74 Å². The molecule has 3 aromatic rings. The molecule has 2 heteroatoms. The Morgan fingerprint density at radius 1 is 0.533 bits per heavy atom. The summed E-state index contributed by atoms with van der Waals surface area (Å²) >= 11 is 4.24. The molecule has 3 rings (SSSR count). The highest BCUT2D eigenvalue weighted by Gasteiger charge is 1.95. The minimum Gasteiger partial charge on any atom is -0.494 e. The van der Waals surface area contributed by atoms with Crippen LogP contribution in [-0.2, 0) is 0 Å². The topological polar surface area (TPSA) is 9.23 Å². The van der Waals surface area contributed by atoms with Crippen LogP contribution in [0, 0.1) is 0 Å². The lowest BCUT2D eigenvalue weighted by atomic mass is 10.1. The maximum absolute atomic E-state index is 5.82. The van der Waals surface area contributed by atoms with Crippen LogP contribution < -0.4 is 4.74 Å². The molecule has 0 heterocycles. The molecule has 1 nitrogen and oxygen atoms in total. The maximum atomic E-state index is 5.82. The van der Waals surface area contributed by atoms with E-state index in [9.17, 15) is 0 Å². The summed E-state index contributed by atoms with van der Waals surface area (Å²) < 4.78 is 5.82. The van der Waals surface area contributed by atoms with E-state index < -0.39 is 0 Å². The van der Waals surface area contributed by atoms with Crippen LogP contribution in [0.4, 0.5) is 0 Å². The first-order valence-corrected chi connectivity index (χ1v) is 11.3. The lowest BCUT2D eigenvalue weighted by molar-refractivity contribution is 0.305. The molecule has 0 aliphatic rings. The Morgan fingerprint density at radius 3 is 1.53 bits per heavy atom. The summed E-state index contributed by atoms with van der Waals surface area (Å²) in [5, 5.41) is 0. The Morgan fingerprint density at radius 2 is 1.00 bits per heavy atom. The molecule has 0 N–H and O–H groups in total. The molecule has 0 aliphatic heterocycles. The summed E-state index contributed by atoms with van der Waals surface area (Å²) in [6.07, 6.45) is 13.3. The number of thiol groups is 1. The van der Waals surface area contributed by atoms with Gasteiger partial charge in [0.05, 0.1) is 6.61 Å². The maximum Gasteiger partial charge on any atom is 0.119 e. The van der Waals surface area contributed by atoms with Gasteiger partial charge in [0.25, 0.3) is 0 Å². The average Bonchev–Trinajstić information content (AvgIpc) is 2.81. The van der Waals surface area contributed by atoms with Gasteiger partial charge < -0.3 is 4.74 Å². The zero-order valence-corrected chi connectivity index (χ0v) is 18.3. The third-order valence-corrected chi connectivity index (χ3v) is 5.19. The van der Waals surface area contributed by atoms with Crippen molar-refractivity contribution >= 4 is 36.9 Å². The fourth-order valence-corrected chi connectivity index (χ4v) is 3.32. The van der Waals surface area contributed by atoms with Crippen molar-refractivity contribution in [3.8, 4) is 5.75 Å². The molecule has 0 atom stereocenters. The predicted molar refractivity (Wildman–Crippen MR) is 135 cm³/mol. The number of hydrogen-bond donors (Lipinski definition) is 1. The van der Waals surface area contributed by atoms with Gasteiger partial charge in [0.15, 0.2) is 0 Å². The van der Waals surface area contributed by atoms with Crippen molar-refractivity contribution in [3.05, 3.63) is 101 Å². The highest BCUT2D eigenvalue weighted by atomic mass is 32.1. The van der Waals surface area contributed by atoms with Gasteiger partial charge in [0.2, 0.25) is 0 Å². The predicted octanol–water partition coefficient (Wildman–Crippen LogP) is 7.90. The van der Waals surface area contributed by atoms with Crippen LogP contribution in [0.2, 0.25) is 0 Å². The number of ether oxygens (including phenoxy) is 1. The standard InChI is InChI=1S/C28H30OS/c30-23-7-2-1-6-22-29-28-20-18-27(19-21-28)17-16-26-14-12-25(13-15-26)11-10-24-8-4-3-5-9-24/h3-5,8-21,30H,1-2,6-7,22-23H2/b11-10+,17-16+. The molecule has 0 saturated heterocycles. The summed E-state index contributed by atoms with van der Waals surface area (Å²) in [7, 11) is 0. The van der Waals surface area contributed by atoms with Crippen LogP contribution in [0.3, 0.4) is 0 Å². The van der Waals surface area contributed by atoms with Gasteiger partial charge in [0, 0.05) is 0 Å². The number of rotatable bonds is 11. The SMILES string of the molecule is SCCCCCCOc1ccc(/C=C/c2ccc(/C=C/c3ccccc3)cc2)cc1. The van der Waals surface area contributed by atoms with E-state index in [1.807, 2.05) is 18.2 Å². The van der Waals surface area contributed by atoms with Gasteiger partial charge in [-0.1, -0.05) is 104 Å². The second-order valence-electron chi connectivity index (χ2n) is 7.30.